The lowest BCUT2D eigenvalue weighted by molar-refractivity contribution is -0.117. The van der Waals surface area contributed by atoms with Gasteiger partial charge in [0.15, 0.2) is 5.96 Å². The maximum absolute atomic E-state index is 11.8. The number of benzene rings is 1. The molecule has 6 nitrogen and oxygen atoms in total. The van der Waals surface area contributed by atoms with Gasteiger partial charge in [0.2, 0.25) is 5.91 Å². The normalized spacial score (nSPS) is 18.4. The zero-order chi connectivity index (χ0) is 18.5. The summed E-state index contributed by atoms with van der Waals surface area (Å²) in [7, 11) is 4.00. The molecule has 150 valence electrons. The molecule has 1 saturated carbocycles. The summed E-state index contributed by atoms with van der Waals surface area (Å²) < 4.78 is 0. The van der Waals surface area contributed by atoms with Crippen molar-refractivity contribution in [1.82, 2.24) is 15.5 Å². The van der Waals surface area contributed by atoms with E-state index in [0.29, 0.717) is 19.0 Å². The summed E-state index contributed by atoms with van der Waals surface area (Å²) in [4.78, 5) is 20.4. The minimum Gasteiger partial charge on any atom is -0.355 e. The van der Waals surface area contributed by atoms with Crippen LogP contribution in [-0.2, 0) is 11.3 Å². The van der Waals surface area contributed by atoms with Gasteiger partial charge < -0.3 is 15.5 Å². The molecule has 1 amide bonds. The Morgan fingerprint density at radius 3 is 2.56 bits per heavy atom. The number of guanidine groups is 1. The van der Waals surface area contributed by atoms with E-state index in [2.05, 4.69) is 46.6 Å². The molecule has 1 unspecified atom stereocenters. The Hall–Kier alpha value is -1.35. The highest BCUT2D eigenvalue weighted by Gasteiger charge is 2.29. The molecule has 1 atom stereocenters. The molecule has 1 aromatic carbocycles. The zero-order valence-electron chi connectivity index (χ0n) is 16.6. The molecule has 0 bridgehead atoms. The lowest BCUT2D eigenvalue weighted by Gasteiger charge is -2.25. The molecule has 0 aromatic heterocycles. The van der Waals surface area contributed by atoms with Gasteiger partial charge in [-0.25, -0.2) is 0 Å². The van der Waals surface area contributed by atoms with E-state index in [-0.39, 0.29) is 29.9 Å². The van der Waals surface area contributed by atoms with E-state index in [0.717, 1.165) is 37.2 Å². The summed E-state index contributed by atoms with van der Waals surface area (Å²) >= 11 is 0. The van der Waals surface area contributed by atoms with Gasteiger partial charge in [-0.2, -0.15) is 0 Å². The SMILES string of the molecule is CN=C(NCc1ccc(N2CCCC2=O)cc1)NCC(C)N(C)C1CC1.I. The fourth-order valence-corrected chi connectivity index (χ4v) is 3.35. The van der Waals surface area contributed by atoms with Crippen LogP contribution < -0.4 is 15.5 Å². The highest BCUT2D eigenvalue weighted by Crippen LogP contribution is 2.26. The quantitative estimate of drug-likeness (QED) is 0.354. The molecule has 3 rings (SSSR count). The van der Waals surface area contributed by atoms with Crippen molar-refractivity contribution in [2.45, 2.75) is 51.2 Å². The second-order valence-electron chi connectivity index (χ2n) is 7.37. The lowest BCUT2D eigenvalue weighted by Crippen LogP contribution is -2.45. The van der Waals surface area contributed by atoms with Crippen molar-refractivity contribution in [3.8, 4) is 0 Å². The molecule has 1 aliphatic carbocycles. The highest BCUT2D eigenvalue weighted by molar-refractivity contribution is 14.0. The largest absolute Gasteiger partial charge is 0.355 e. The second-order valence-corrected chi connectivity index (χ2v) is 7.37. The Bertz CT molecular complexity index is 644. The zero-order valence-corrected chi connectivity index (χ0v) is 18.9. The molecule has 1 aromatic rings. The molecule has 1 heterocycles. The molecule has 0 spiro atoms. The summed E-state index contributed by atoms with van der Waals surface area (Å²) in [6.07, 6.45) is 4.28. The molecule has 0 radical (unpaired) electrons. The maximum atomic E-state index is 11.8. The van der Waals surface area contributed by atoms with Gasteiger partial charge in [-0.05, 0) is 50.9 Å². The number of hydrogen-bond donors (Lipinski definition) is 2. The third-order valence-electron chi connectivity index (χ3n) is 5.39. The van der Waals surface area contributed by atoms with Crippen molar-refractivity contribution >= 4 is 41.5 Å². The number of rotatable bonds is 7. The Kier molecular flexibility index (Phi) is 8.34. The van der Waals surface area contributed by atoms with E-state index < -0.39 is 0 Å². The number of amides is 1. The van der Waals surface area contributed by atoms with Gasteiger partial charge in [0, 0.05) is 50.9 Å². The fraction of sp³-hybridized carbons (Fsp3) is 0.600. The predicted molar refractivity (Wildman–Crippen MR) is 122 cm³/mol. The van der Waals surface area contributed by atoms with Crippen molar-refractivity contribution in [1.29, 1.82) is 0 Å². The van der Waals surface area contributed by atoms with Crippen molar-refractivity contribution in [2.24, 2.45) is 4.99 Å². The Balaban J connectivity index is 0.00000261. The number of hydrogen-bond acceptors (Lipinski definition) is 3. The van der Waals surface area contributed by atoms with Crippen LogP contribution in [-0.4, -0.2) is 56.0 Å². The van der Waals surface area contributed by atoms with E-state index in [1.165, 1.54) is 18.4 Å². The van der Waals surface area contributed by atoms with E-state index in [4.69, 9.17) is 0 Å². The van der Waals surface area contributed by atoms with Crippen molar-refractivity contribution in [3.63, 3.8) is 0 Å². The first kappa shape index (κ1) is 21.9. The molecule has 2 aliphatic rings. The highest BCUT2D eigenvalue weighted by atomic mass is 127. The molecule has 1 saturated heterocycles. The Morgan fingerprint density at radius 1 is 1.30 bits per heavy atom. The van der Waals surface area contributed by atoms with Crippen molar-refractivity contribution in [3.05, 3.63) is 29.8 Å². The fourth-order valence-electron chi connectivity index (χ4n) is 3.35. The number of carbonyl (C=O) groups is 1. The number of carbonyl (C=O) groups excluding carboxylic acids is 1. The van der Waals surface area contributed by atoms with Crippen LogP contribution >= 0.6 is 24.0 Å². The average Bonchev–Trinajstić information content (AvgIpc) is 3.42. The van der Waals surface area contributed by atoms with Crippen LogP contribution in [0.1, 0.15) is 38.2 Å². The van der Waals surface area contributed by atoms with E-state index >= 15 is 0 Å². The molecule has 2 fully saturated rings. The van der Waals surface area contributed by atoms with Gasteiger partial charge in [-0.1, -0.05) is 12.1 Å². The Labute approximate surface area is 179 Å². The van der Waals surface area contributed by atoms with Gasteiger partial charge in [0.25, 0.3) is 0 Å². The second kappa shape index (κ2) is 10.3. The van der Waals surface area contributed by atoms with Crippen LogP contribution in [0.3, 0.4) is 0 Å². The van der Waals surface area contributed by atoms with Crippen molar-refractivity contribution < 1.29 is 4.79 Å². The first-order valence-electron chi connectivity index (χ1n) is 9.64. The summed E-state index contributed by atoms with van der Waals surface area (Å²) in [5, 5.41) is 6.77. The van der Waals surface area contributed by atoms with Gasteiger partial charge >= 0.3 is 0 Å². The monoisotopic (exact) mass is 485 g/mol. The van der Waals surface area contributed by atoms with Crippen LogP contribution in [0.5, 0.6) is 0 Å². The molecule has 27 heavy (non-hydrogen) atoms. The van der Waals surface area contributed by atoms with Gasteiger partial charge in [-0.15, -0.1) is 24.0 Å². The summed E-state index contributed by atoms with van der Waals surface area (Å²) in [5.41, 5.74) is 2.17. The minimum absolute atomic E-state index is 0. The van der Waals surface area contributed by atoms with Crippen molar-refractivity contribution in [2.75, 3.05) is 32.1 Å². The van der Waals surface area contributed by atoms with E-state index in [9.17, 15) is 4.79 Å². The number of anilines is 1. The molecule has 1 aliphatic heterocycles. The summed E-state index contributed by atoms with van der Waals surface area (Å²) in [6.45, 7) is 4.67. The first-order chi connectivity index (χ1) is 12.6. The summed E-state index contributed by atoms with van der Waals surface area (Å²) in [6, 6.07) is 9.46. The van der Waals surface area contributed by atoms with Crippen LogP contribution in [0.15, 0.2) is 29.3 Å². The third-order valence-corrected chi connectivity index (χ3v) is 5.39. The first-order valence-corrected chi connectivity index (χ1v) is 9.64. The molecular weight excluding hydrogens is 453 g/mol. The predicted octanol–water partition coefficient (Wildman–Crippen LogP) is 2.58. The van der Waals surface area contributed by atoms with Crippen LogP contribution in [0.4, 0.5) is 5.69 Å². The lowest BCUT2D eigenvalue weighted by atomic mass is 10.2. The Morgan fingerprint density at radius 2 is 2.00 bits per heavy atom. The van der Waals surface area contributed by atoms with Crippen LogP contribution in [0, 0.1) is 0 Å². The molecule has 2 N–H and O–H groups in total. The van der Waals surface area contributed by atoms with Gasteiger partial charge in [-0.3, -0.25) is 14.7 Å². The minimum atomic E-state index is 0. The van der Waals surface area contributed by atoms with Crippen LogP contribution in [0.2, 0.25) is 0 Å². The standard InChI is InChI=1S/C20H31N5O.HI/c1-15(24(3)17-10-11-17)13-22-20(21-2)23-14-16-6-8-18(9-7-16)25-12-4-5-19(25)26;/h6-9,15,17H,4-5,10-14H2,1-3H3,(H2,21,22,23);1H. The van der Waals surface area contributed by atoms with E-state index in [1.54, 1.807) is 7.05 Å². The topological polar surface area (TPSA) is 60.0 Å². The van der Waals surface area contributed by atoms with E-state index in [1.807, 2.05) is 17.0 Å². The van der Waals surface area contributed by atoms with Crippen LogP contribution in [0.25, 0.3) is 0 Å². The number of nitrogens with one attached hydrogen (secondary N) is 2. The smallest absolute Gasteiger partial charge is 0.227 e. The number of nitrogens with zero attached hydrogens (tertiary/aromatic N) is 3. The molecule has 7 heteroatoms. The third kappa shape index (κ3) is 6.07. The summed E-state index contributed by atoms with van der Waals surface area (Å²) in [5.74, 6) is 1.05. The average molecular weight is 485 g/mol. The maximum Gasteiger partial charge on any atom is 0.227 e. The van der Waals surface area contributed by atoms with Gasteiger partial charge in [0.1, 0.15) is 0 Å². The molecular formula is C20H32IN5O. The number of likely N-dealkylation sites (N-methyl/N-ethyl adjacent to an activating group) is 1. The number of aliphatic imine (C=N–C) groups is 1. The number of halogens is 1. The van der Waals surface area contributed by atoms with Gasteiger partial charge in [0.05, 0.1) is 0 Å².